The molecule has 0 spiro atoms. The van der Waals surface area contributed by atoms with Crippen LogP contribution in [0.5, 0.6) is 11.5 Å². The summed E-state index contributed by atoms with van der Waals surface area (Å²) < 4.78 is 12.8. The van der Waals surface area contributed by atoms with E-state index in [0.717, 1.165) is 54.5 Å². The van der Waals surface area contributed by atoms with Crippen molar-refractivity contribution in [2.75, 3.05) is 24.8 Å². The summed E-state index contributed by atoms with van der Waals surface area (Å²) in [5.41, 5.74) is 2.05. The third-order valence-corrected chi connectivity index (χ3v) is 5.73. The van der Waals surface area contributed by atoms with E-state index in [-0.39, 0.29) is 18.6 Å². The number of amides is 1. The summed E-state index contributed by atoms with van der Waals surface area (Å²) >= 11 is 0. The van der Waals surface area contributed by atoms with Gasteiger partial charge in [-0.1, -0.05) is 6.07 Å². The topological polar surface area (TPSA) is 68.6 Å². The molecule has 0 radical (unpaired) electrons. The molecule has 7 nitrogen and oxygen atoms in total. The fourth-order valence-electron chi connectivity index (χ4n) is 3.98. The molecule has 0 bridgehead atoms. The van der Waals surface area contributed by atoms with E-state index in [1.165, 1.54) is 0 Å². The van der Waals surface area contributed by atoms with Crippen LogP contribution in [-0.4, -0.2) is 35.3 Å². The van der Waals surface area contributed by atoms with Gasteiger partial charge >= 0.3 is 0 Å². The van der Waals surface area contributed by atoms with Crippen molar-refractivity contribution >= 4 is 11.7 Å². The van der Waals surface area contributed by atoms with Gasteiger partial charge in [0.1, 0.15) is 5.82 Å². The van der Waals surface area contributed by atoms with E-state index in [1.54, 1.807) is 0 Å². The second kappa shape index (κ2) is 8.10. The molecule has 7 heteroatoms. The predicted molar refractivity (Wildman–Crippen MR) is 113 cm³/mol. The average molecular weight is 404 g/mol. The van der Waals surface area contributed by atoms with Crippen LogP contribution < -0.4 is 19.7 Å². The Kier molecular flexibility index (Phi) is 5.01. The van der Waals surface area contributed by atoms with Crippen LogP contribution in [0, 0.1) is 5.92 Å². The largest absolute Gasteiger partial charge is 0.454 e. The van der Waals surface area contributed by atoms with Gasteiger partial charge in [-0.15, -0.1) is 0 Å². The Morgan fingerprint density at radius 3 is 2.63 bits per heavy atom. The Balaban J connectivity index is 1.12. The number of rotatable bonds is 5. The van der Waals surface area contributed by atoms with Crippen molar-refractivity contribution in [3.63, 3.8) is 0 Å². The number of anilines is 1. The minimum absolute atomic E-state index is 0.0365. The summed E-state index contributed by atoms with van der Waals surface area (Å²) in [6.07, 6.45) is 7.55. The number of hydrogen-bond donors (Lipinski definition) is 1. The molecule has 1 aromatic carbocycles. The summed E-state index contributed by atoms with van der Waals surface area (Å²) in [6.45, 7) is 2.42. The molecule has 0 saturated carbocycles. The maximum Gasteiger partial charge on any atom is 0.231 e. The Labute approximate surface area is 175 Å². The lowest BCUT2D eigenvalue weighted by atomic mass is 9.96. The highest BCUT2D eigenvalue weighted by molar-refractivity contribution is 5.79. The van der Waals surface area contributed by atoms with Crippen molar-refractivity contribution in [3.8, 4) is 17.2 Å². The van der Waals surface area contributed by atoms with Crippen LogP contribution in [0.3, 0.4) is 0 Å². The number of aromatic nitrogens is 2. The molecule has 1 N–H and O–H groups in total. The lowest BCUT2D eigenvalue weighted by molar-refractivity contribution is -0.125. The van der Waals surface area contributed by atoms with E-state index in [2.05, 4.69) is 27.3 Å². The first-order valence-electron chi connectivity index (χ1n) is 10.3. The Bertz CT molecular complexity index is 1010. The lowest BCUT2D eigenvalue weighted by Crippen LogP contribution is -2.40. The van der Waals surface area contributed by atoms with Crippen molar-refractivity contribution in [2.24, 2.45) is 5.92 Å². The maximum absolute atomic E-state index is 12.6. The fraction of sp³-hybridized carbons (Fsp3) is 0.304. The molecule has 1 fully saturated rings. The molecule has 30 heavy (non-hydrogen) atoms. The highest BCUT2D eigenvalue weighted by Crippen LogP contribution is 2.32. The van der Waals surface area contributed by atoms with Crippen molar-refractivity contribution < 1.29 is 14.3 Å². The molecule has 4 heterocycles. The number of carbonyl (C=O) groups is 1. The zero-order chi connectivity index (χ0) is 20.3. The molecule has 1 saturated heterocycles. The number of piperidine rings is 1. The molecule has 0 aliphatic carbocycles. The van der Waals surface area contributed by atoms with Gasteiger partial charge in [-0.25, -0.2) is 4.98 Å². The van der Waals surface area contributed by atoms with Crippen LogP contribution >= 0.6 is 0 Å². The minimum atomic E-state index is 0.0365. The molecule has 1 amide bonds. The first-order chi connectivity index (χ1) is 14.8. The Hall–Kier alpha value is -3.48. The first-order valence-corrected chi connectivity index (χ1v) is 10.3. The zero-order valence-electron chi connectivity index (χ0n) is 16.7. The smallest absolute Gasteiger partial charge is 0.231 e. The second-order valence-corrected chi connectivity index (χ2v) is 7.63. The van der Waals surface area contributed by atoms with E-state index in [0.29, 0.717) is 6.54 Å². The Morgan fingerprint density at radius 1 is 1.07 bits per heavy atom. The molecule has 154 valence electrons. The van der Waals surface area contributed by atoms with Crippen LogP contribution in [-0.2, 0) is 11.3 Å². The monoisotopic (exact) mass is 404 g/mol. The molecule has 0 atom stereocenters. The number of pyridine rings is 1. The standard InChI is InChI=1S/C23H24N4O3/c28-23(25-14-17-3-5-20-21(13-17)30-16-29-20)18-7-11-27(12-8-18)22-6-4-19(15-24-22)26-9-1-2-10-26/h1-6,9-10,13,15,18H,7-8,11-12,14,16H2,(H,25,28). The number of hydrogen-bond acceptors (Lipinski definition) is 5. The van der Waals surface area contributed by atoms with Gasteiger partial charge in [0.05, 0.1) is 11.9 Å². The molecular formula is C23H24N4O3. The van der Waals surface area contributed by atoms with Crippen molar-refractivity contribution in [1.82, 2.24) is 14.9 Å². The van der Waals surface area contributed by atoms with Gasteiger partial charge in [0, 0.05) is 37.9 Å². The zero-order valence-corrected chi connectivity index (χ0v) is 16.7. The van der Waals surface area contributed by atoms with Gasteiger partial charge in [0.25, 0.3) is 0 Å². The van der Waals surface area contributed by atoms with E-state index >= 15 is 0 Å². The fourth-order valence-corrected chi connectivity index (χ4v) is 3.98. The van der Waals surface area contributed by atoms with Crippen LogP contribution in [0.1, 0.15) is 18.4 Å². The summed E-state index contributed by atoms with van der Waals surface area (Å²) in [6, 6.07) is 13.9. The van der Waals surface area contributed by atoms with E-state index in [9.17, 15) is 4.79 Å². The van der Waals surface area contributed by atoms with Gasteiger partial charge in [0.2, 0.25) is 12.7 Å². The van der Waals surface area contributed by atoms with Crippen molar-refractivity contribution in [2.45, 2.75) is 19.4 Å². The van der Waals surface area contributed by atoms with Gasteiger partial charge in [-0.2, -0.15) is 0 Å². The third-order valence-electron chi connectivity index (χ3n) is 5.73. The second-order valence-electron chi connectivity index (χ2n) is 7.63. The van der Waals surface area contributed by atoms with Crippen LogP contribution in [0.2, 0.25) is 0 Å². The third kappa shape index (κ3) is 3.83. The maximum atomic E-state index is 12.6. The molecule has 2 aliphatic heterocycles. The first kappa shape index (κ1) is 18.5. The van der Waals surface area contributed by atoms with Crippen LogP contribution in [0.25, 0.3) is 5.69 Å². The number of carbonyl (C=O) groups excluding carboxylic acids is 1. The lowest BCUT2D eigenvalue weighted by Gasteiger charge is -2.32. The molecular weight excluding hydrogens is 380 g/mol. The van der Waals surface area contributed by atoms with E-state index < -0.39 is 0 Å². The van der Waals surface area contributed by atoms with Crippen LogP contribution in [0.15, 0.2) is 61.1 Å². The molecule has 0 unspecified atom stereocenters. The molecule has 3 aromatic rings. The number of fused-ring (bicyclic) bond motifs is 1. The molecule has 5 rings (SSSR count). The van der Waals surface area contributed by atoms with E-state index in [1.807, 2.05) is 53.5 Å². The van der Waals surface area contributed by atoms with Crippen LogP contribution in [0.4, 0.5) is 5.82 Å². The number of nitrogens with one attached hydrogen (secondary N) is 1. The van der Waals surface area contributed by atoms with E-state index in [4.69, 9.17) is 9.47 Å². The highest BCUT2D eigenvalue weighted by Gasteiger charge is 2.25. The highest BCUT2D eigenvalue weighted by atomic mass is 16.7. The van der Waals surface area contributed by atoms with Gasteiger partial charge in [-0.05, 0) is 54.8 Å². The normalized spacial score (nSPS) is 15.9. The molecule has 2 aromatic heterocycles. The molecule has 2 aliphatic rings. The van der Waals surface area contributed by atoms with Gasteiger partial charge in [-0.3, -0.25) is 4.79 Å². The average Bonchev–Trinajstić information content (AvgIpc) is 3.49. The predicted octanol–water partition coefficient (Wildman–Crippen LogP) is 3.13. The minimum Gasteiger partial charge on any atom is -0.454 e. The Morgan fingerprint density at radius 2 is 1.87 bits per heavy atom. The quantitative estimate of drug-likeness (QED) is 0.708. The summed E-state index contributed by atoms with van der Waals surface area (Å²) in [4.78, 5) is 19.5. The van der Waals surface area contributed by atoms with Gasteiger partial charge < -0.3 is 24.3 Å². The number of nitrogens with zero attached hydrogens (tertiary/aromatic N) is 3. The summed E-state index contributed by atoms with van der Waals surface area (Å²) in [5.74, 6) is 2.61. The number of benzene rings is 1. The van der Waals surface area contributed by atoms with Gasteiger partial charge in [0.15, 0.2) is 11.5 Å². The summed E-state index contributed by atoms with van der Waals surface area (Å²) in [5, 5.41) is 3.07. The SMILES string of the molecule is O=C(NCc1ccc2c(c1)OCO2)C1CCN(c2ccc(-n3cccc3)cn2)CC1. The van der Waals surface area contributed by atoms with Crippen molar-refractivity contribution in [1.29, 1.82) is 0 Å². The van der Waals surface area contributed by atoms with Crippen molar-refractivity contribution in [3.05, 3.63) is 66.6 Å². The number of ether oxygens (including phenoxy) is 2. The summed E-state index contributed by atoms with van der Waals surface area (Å²) in [7, 11) is 0.